The molecule has 1 unspecified atom stereocenters. The van der Waals surface area contributed by atoms with Crippen molar-refractivity contribution in [2.45, 2.75) is 19.1 Å². The second kappa shape index (κ2) is 8.70. The van der Waals surface area contributed by atoms with Gasteiger partial charge in [0, 0.05) is 26.5 Å². The number of hydrogen-bond donors (Lipinski definition) is 2. The number of carbonyl (C=O) groups excluding carboxylic acids is 1. The second-order valence-electron chi connectivity index (χ2n) is 4.57. The molecule has 1 aromatic carbocycles. The fraction of sp³-hybridized carbons (Fsp3) is 0.429. The van der Waals surface area contributed by atoms with E-state index in [1.54, 1.807) is 25.3 Å². The second-order valence-corrected chi connectivity index (χ2v) is 4.57. The molecule has 2 aromatic rings. The number of ether oxygens (including phenoxy) is 2. The highest BCUT2D eigenvalue weighted by Gasteiger charge is 2.12. The van der Waals surface area contributed by atoms with Crippen molar-refractivity contribution in [2.75, 3.05) is 26.1 Å². The summed E-state index contributed by atoms with van der Waals surface area (Å²) in [6, 6.07) is 5.26. The van der Waals surface area contributed by atoms with Crippen molar-refractivity contribution in [2.24, 2.45) is 5.73 Å². The fourth-order valence-electron chi connectivity index (χ4n) is 1.92. The van der Waals surface area contributed by atoms with E-state index in [9.17, 15) is 4.79 Å². The molecule has 2 rings (SSSR count). The zero-order valence-electron chi connectivity index (χ0n) is 12.5. The minimum absolute atomic E-state index is 0. The zero-order chi connectivity index (χ0) is 15.2. The maximum atomic E-state index is 11.9. The predicted octanol–water partition coefficient (Wildman–Crippen LogP) is 1.70. The van der Waals surface area contributed by atoms with E-state index >= 15 is 0 Å². The van der Waals surface area contributed by atoms with Crippen LogP contribution in [0.2, 0.25) is 0 Å². The third kappa shape index (κ3) is 4.67. The van der Waals surface area contributed by atoms with E-state index in [1.807, 2.05) is 0 Å². The van der Waals surface area contributed by atoms with Crippen molar-refractivity contribution in [1.29, 1.82) is 0 Å². The van der Waals surface area contributed by atoms with Crippen molar-refractivity contribution in [3.8, 4) is 0 Å². The van der Waals surface area contributed by atoms with Crippen LogP contribution in [-0.4, -0.2) is 37.8 Å². The quantitative estimate of drug-likeness (QED) is 0.802. The topological polar surface area (TPSA) is 99.6 Å². The molecule has 0 spiro atoms. The molecule has 0 aliphatic rings. The van der Waals surface area contributed by atoms with Crippen molar-refractivity contribution in [3.63, 3.8) is 0 Å². The Balaban J connectivity index is 0.00000242. The summed E-state index contributed by atoms with van der Waals surface area (Å²) < 4.78 is 15.5. The van der Waals surface area contributed by atoms with Gasteiger partial charge in [0.05, 0.1) is 12.5 Å². The van der Waals surface area contributed by atoms with Gasteiger partial charge in [0.15, 0.2) is 5.58 Å². The van der Waals surface area contributed by atoms with Gasteiger partial charge in [0.2, 0.25) is 11.8 Å². The first kappa shape index (κ1) is 18.4. The van der Waals surface area contributed by atoms with Gasteiger partial charge in [0.1, 0.15) is 12.1 Å². The first-order valence-corrected chi connectivity index (χ1v) is 6.57. The summed E-state index contributed by atoms with van der Waals surface area (Å²) in [5.41, 5.74) is 7.46. The van der Waals surface area contributed by atoms with E-state index in [0.29, 0.717) is 35.8 Å². The number of methoxy groups -OCH3 is 2. The Morgan fingerprint density at radius 3 is 2.86 bits per heavy atom. The van der Waals surface area contributed by atoms with Gasteiger partial charge in [-0.05, 0) is 18.2 Å². The van der Waals surface area contributed by atoms with E-state index in [1.165, 1.54) is 7.11 Å². The average molecular weight is 330 g/mol. The molecular weight excluding hydrogens is 310 g/mol. The van der Waals surface area contributed by atoms with Gasteiger partial charge in [-0.1, -0.05) is 0 Å². The van der Waals surface area contributed by atoms with Gasteiger partial charge in [-0.25, -0.2) is 4.98 Å². The summed E-state index contributed by atoms with van der Waals surface area (Å²) in [7, 11) is 3.10. The number of oxazole rings is 1. The van der Waals surface area contributed by atoms with E-state index in [4.69, 9.17) is 19.6 Å². The first-order valence-electron chi connectivity index (χ1n) is 6.57. The normalized spacial score (nSPS) is 12.0. The number of carbonyl (C=O) groups is 1. The molecule has 8 heteroatoms. The molecule has 1 amide bonds. The molecule has 3 N–H and O–H groups in total. The molecule has 122 valence electrons. The van der Waals surface area contributed by atoms with Crippen molar-refractivity contribution in [3.05, 3.63) is 24.1 Å². The lowest BCUT2D eigenvalue weighted by Crippen LogP contribution is -2.28. The number of aromatic nitrogens is 1. The number of rotatable bonds is 7. The van der Waals surface area contributed by atoms with Gasteiger partial charge < -0.3 is 24.9 Å². The Hall–Kier alpha value is -1.67. The summed E-state index contributed by atoms with van der Waals surface area (Å²) in [5, 5.41) is 2.79. The number of nitrogens with zero attached hydrogens (tertiary/aromatic N) is 1. The minimum Gasteiger partial charge on any atom is -0.438 e. The summed E-state index contributed by atoms with van der Waals surface area (Å²) >= 11 is 0. The van der Waals surface area contributed by atoms with Crippen LogP contribution in [0.3, 0.4) is 0 Å². The van der Waals surface area contributed by atoms with Crippen LogP contribution in [0.25, 0.3) is 11.1 Å². The number of amides is 1. The summed E-state index contributed by atoms with van der Waals surface area (Å²) in [4.78, 5) is 16.1. The van der Waals surface area contributed by atoms with Crippen LogP contribution in [0.1, 0.15) is 12.3 Å². The smallest absolute Gasteiger partial charge is 0.227 e. The SMILES string of the molecule is COCc1nc2cc(NC(=O)CC(CN)OC)ccc2o1.Cl. The molecule has 0 bridgehead atoms. The predicted molar refractivity (Wildman–Crippen MR) is 85.1 cm³/mol. The molecule has 0 saturated carbocycles. The van der Waals surface area contributed by atoms with E-state index in [-0.39, 0.29) is 30.8 Å². The molecular formula is C14H20ClN3O4. The lowest BCUT2D eigenvalue weighted by Gasteiger charge is -2.12. The summed E-state index contributed by atoms with van der Waals surface area (Å²) in [5.74, 6) is 0.339. The Labute approximate surface area is 134 Å². The van der Waals surface area contributed by atoms with Gasteiger partial charge in [-0.15, -0.1) is 12.4 Å². The Kier molecular flexibility index (Phi) is 7.26. The fourth-order valence-corrected chi connectivity index (χ4v) is 1.92. The third-order valence-electron chi connectivity index (χ3n) is 2.99. The molecule has 22 heavy (non-hydrogen) atoms. The van der Waals surface area contributed by atoms with E-state index in [2.05, 4.69) is 10.3 Å². The standard InChI is InChI=1S/C14H19N3O4.ClH/c1-19-8-14-17-11-5-9(3-4-12(11)21-14)16-13(18)6-10(7-15)20-2;/h3-5,10H,6-8,15H2,1-2H3,(H,16,18);1H. The highest BCUT2D eigenvalue weighted by molar-refractivity contribution is 5.93. The van der Waals surface area contributed by atoms with Crippen LogP contribution < -0.4 is 11.1 Å². The zero-order valence-corrected chi connectivity index (χ0v) is 13.3. The number of nitrogens with two attached hydrogens (primary N) is 1. The van der Waals surface area contributed by atoms with E-state index in [0.717, 1.165) is 0 Å². The molecule has 0 fully saturated rings. The van der Waals surface area contributed by atoms with Crippen LogP contribution in [0, 0.1) is 0 Å². The number of benzene rings is 1. The molecule has 1 aromatic heterocycles. The average Bonchev–Trinajstić information content (AvgIpc) is 2.86. The van der Waals surface area contributed by atoms with Crippen LogP contribution in [0.4, 0.5) is 5.69 Å². The van der Waals surface area contributed by atoms with Crippen LogP contribution >= 0.6 is 12.4 Å². The third-order valence-corrected chi connectivity index (χ3v) is 2.99. The molecule has 0 radical (unpaired) electrons. The monoisotopic (exact) mass is 329 g/mol. The molecule has 0 aliphatic heterocycles. The maximum absolute atomic E-state index is 11.9. The Morgan fingerprint density at radius 1 is 1.45 bits per heavy atom. The van der Waals surface area contributed by atoms with Crippen molar-refractivity contribution >= 4 is 35.1 Å². The largest absolute Gasteiger partial charge is 0.438 e. The van der Waals surface area contributed by atoms with Crippen LogP contribution in [0.15, 0.2) is 22.6 Å². The molecule has 0 saturated heterocycles. The number of anilines is 1. The van der Waals surface area contributed by atoms with Gasteiger partial charge in [-0.2, -0.15) is 0 Å². The molecule has 1 heterocycles. The lowest BCUT2D eigenvalue weighted by molar-refractivity contribution is -0.118. The number of nitrogens with one attached hydrogen (secondary N) is 1. The van der Waals surface area contributed by atoms with Crippen molar-refractivity contribution < 1.29 is 18.7 Å². The Bertz CT molecular complexity index is 613. The van der Waals surface area contributed by atoms with Crippen LogP contribution in [-0.2, 0) is 20.9 Å². The first-order chi connectivity index (χ1) is 10.2. The number of halogens is 1. The van der Waals surface area contributed by atoms with Gasteiger partial charge in [-0.3, -0.25) is 4.79 Å². The number of hydrogen-bond acceptors (Lipinski definition) is 6. The molecule has 0 aliphatic carbocycles. The molecule has 7 nitrogen and oxygen atoms in total. The minimum atomic E-state index is -0.283. The van der Waals surface area contributed by atoms with Gasteiger partial charge >= 0.3 is 0 Å². The highest BCUT2D eigenvalue weighted by atomic mass is 35.5. The summed E-state index contributed by atoms with van der Waals surface area (Å²) in [6.07, 6.45) is -0.0761. The molecule has 1 atom stereocenters. The number of fused-ring (bicyclic) bond motifs is 1. The van der Waals surface area contributed by atoms with E-state index < -0.39 is 0 Å². The van der Waals surface area contributed by atoms with Crippen LogP contribution in [0.5, 0.6) is 0 Å². The van der Waals surface area contributed by atoms with Crippen molar-refractivity contribution in [1.82, 2.24) is 4.98 Å². The van der Waals surface area contributed by atoms with Gasteiger partial charge in [0.25, 0.3) is 0 Å². The maximum Gasteiger partial charge on any atom is 0.227 e. The Morgan fingerprint density at radius 2 is 2.23 bits per heavy atom. The summed E-state index contributed by atoms with van der Waals surface area (Å²) in [6.45, 7) is 0.606. The highest BCUT2D eigenvalue weighted by Crippen LogP contribution is 2.20. The lowest BCUT2D eigenvalue weighted by atomic mass is 10.2.